The first-order chi connectivity index (χ1) is 5.08. The van der Waals surface area contributed by atoms with Crippen LogP contribution < -0.4 is 0 Å². The predicted molar refractivity (Wildman–Crippen MR) is 53.7 cm³/mol. The largest absolute Gasteiger partial charge is 0.479 e. The summed E-state index contributed by atoms with van der Waals surface area (Å²) in [5, 5.41) is 0. The van der Waals surface area contributed by atoms with Crippen LogP contribution in [0.3, 0.4) is 0 Å². The summed E-state index contributed by atoms with van der Waals surface area (Å²) in [6.07, 6.45) is 2.16. The van der Waals surface area contributed by atoms with E-state index in [1.165, 1.54) is 0 Å². The topological polar surface area (TPSA) is 21.6 Å². The lowest BCUT2D eigenvalue weighted by atomic mass is 9.91. The minimum absolute atomic E-state index is 0. The Morgan fingerprint density at radius 1 is 1.42 bits per heavy atom. The van der Waals surface area contributed by atoms with Crippen molar-refractivity contribution in [2.75, 3.05) is 13.2 Å². The summed E-state index contributed by atoms with van der Waals surface area (Å²) < 4.78 is 5.30. The van der Waals surface area contributed by atoms with Crippen LogP contribution in [0.15, 0.2) is 4.99 Å². The average molecular weight is 171 g/mol. The Balaban J connectivity index is 0.00000121. The second-order valence-corrected chi connectivity index (χ2v) is 4.18. The minimum atomic E-state index is 0. The molecule has 0 amide bonds. The Labute approximate surface area is 76.0 Å². The average Bonchev–Trinajstić information content (AvgIpc) is 2.32. The highest BCUT2D eigenvalue weighted by atomic mass is 16.5. The first-order valence-electron chi connectivity index (χ1n) is 4.24. The lowest BCUT2D eigenvalue weighted by molar-refractivity contribution is 0.319. The Bertz CT molecular complexity index is 156. The van der Waals surface area contributed by atoms with Crippen molar-refractivity contribution in [3.63, 3.8) is 0 Å². The summed E-state index contributed by atoms with van der Waals surface area (Å²) in [5.41, 5.74) is 0.397. The molecule has 0 aromatic rings. The molecule has 0 radical (unpaired) electrons. The van der Waals surface area contributed by atoms with Gasteiger partial charge in [0.15, 0.2) is 5.90 Å². The Hall–Kier alpha value is -0.530. The lowest BCUT2D eigenvalue weighted by Gasteiger charge is -2.17. The SMILES string of the molecule is C.CC(C)(C)CCC1=NCCO1. The standard InChI is InChI=1S/C9H17NO.CH4/c1-9(2,3)5-4-8-10-6-7-11-8;/h4-7H2,1-3H3;1H4. The van der Waals surface area contributed by atoms with E-state index in [0.717, 1.165) is 31.9 Å². The Morgan fingerprint density at radius 3 is 2.50 bits per heavy atom. The molecular weight excluding hydrogens is 150 g/mol. The van der Waals surface area contributed by atoms with Crippen LogP contribution in [0.4, 0.5) is 0 Å². The molecule has 12 heavy (non-hydrogen) atoms. The normalized spacial score (nSPS) is 16.4. The molecule has 2 heteroatoms. The van der Waals surface area contributed by atoms with Gasteiger partial charge in [0.05, 0.1) is 6.54 Å². The summed E-state index contributed by atoms with van der Waals surface area (Å²) in [6.45, 7) is 8.37. The molecule has 1 heterocycles. The third-order valence-corrected chi connectivity index (χ3v) is 1.74. The first kappa shape index (κ1) is 11.5. The summed E-state index contributed by atoms with van der Waals surface area (Å²) in [6, 6.07) is 0. The van der Waals surface area contributed by atoms with Gasteiger partial charge in [-0.05, 0) is 11.8 Å². The molecule has 1 aliphatic rings. The summed E-state index contributed by atoms with van der Waals surface area (Å²) in [7, 11) is 0. The zero-order valence-electron chi connectivity index (χ0n) is 7.68. The molecule has 0 saturated heterocycles. The second-order valence-electron chi connectivity index (χ2n) is 4.18. The lowest BCUT2D eigenvalue weighted by Crippen LogP contribution is -2.09. The number of hydrogen-bond acceptors (Lipinski definition) is 2. The van der Waals surface area contributed by atoms with Crippen LogP contribution in [0, 0.1) is 5.41 Å². The molecule has 0 aromatic carbocycles. The minimum Gasteiger partial charge on any atom is -0.479 e. The van der Waals surface area contributed by atoms with Gasteiger partial charge in [0.25, 0.3) is 0 Å². The van der Waals surface area contributed by atoms with Crippen molar-refractivity contribution < 1.29 is 4.74 Å². The van der Waals surface area contributed by atoms with Crippen molar-refractivity contribution in [3.8, 4) is 0 Å². The van der Waals surface area contributed by atoms with Crippen molar-refractivity contribution >= 4 is 5.90 Å². The predicted octanol–water partition coefficient (Wildman–Crippen LogP) is 2.88. The van der Waals surface area contributed by atoms with E-state index >= 15 is 0 Å². The highest BCUT2D eigenvalue weighted by Crippen LogP contribution is 2.21. The van der Waals surface area contributed by atoms with Gasteiger partial charge in [0.1, 0.15) is 6.61 Å². The van der Waals surface area contributed by atoms with Crippen molar-refractivity contribution in [1.82, 2.24) is 0 Å². The van der Waals surface area contributed by atoms with Crippen LogP contribution in [0.2, 0.25) is 0 Å². The van der Waals surface area contributed by atoms with Crippen molar-refractivity contribution in [2.24, 2.45) is 10.4 Å². The number of aliphatic imine (C=N–C) groups is 1. The van der Waals surface area contributed by atoms with Crippen molar-refractivity contribution in [3.05, 3.63) is 0 Å². The van der Waals surface area contributed by atoms with Gasteiger partial charge >= 0.3 is 0 Å². The summed E-state index contributed by atoms with van der Waals surface area (Å²) in [5.74, 6) is 0.958. The van der Waals surface area contributed by atoms with Crippen LogP contribution in [0.5, 0.6) is 0 Å². The zero-order chi connectivity index (χ0) is 8.32. The number of hydrogen-bond donors (Lipinski definition) is 0. The smallest absolute Gasteiger partial charge is 0.183 e. The highest BCUT2D eigenvalue weighted by Gasteiger charge is 2.14. The Kier molecular flexibility index (Phi) is 4.29. The van der Waals surface area contributed by atoms with Crippen LogP contribution in [-0.2, 0) is 4.74 Å². The van der Waals surface area contributed by atoms with E-state index in [1.54, 1.807) is 0 Å². The molecule has 0 fully saturated rings. The Morgan fingerprint density at radius 2 is 2.08 bits per heavy atom. The fourth-order valence-corrected chi connectivity index (χ4v) is 1.01. The third-order valence-electron chi connectivity index (χ3n) is 1.74. The first-order valence-corrected chi connectivity index (χ1v) is 4.24. The van der Waals surface area contributed by atoms with Gasteiger partial charge in [-0.3, -0.25) is 4.99 Å². The van der Waals surface area contributed by atoms with E-state index in [4.69, 9.17) is 4.74 Å². The maximum absolute atomic E-state index is 5.30. The number of nitrogens with zero attached hydrogens (tertiary/aromatic N) is 1. The van der Waals surface area contributed by atoms with Gasteiger partial charge in [-0.1, -0.05) is 28.2 Å². The summed E-state index contributed by atoms with van der Waals surface area (Å²) >= 11 is 0. The van der Waals surface area contributed by atoms with E-state index in [9.17, 15) is 0 Å². The van der Waals surface area contributed by atoms with E-state index in [2.05, 4.69) is 25.8 Å². The van der Waals surface area contributed by atoms with Gasteiger partial charge in [0, 0.05) is 6.42 Å². The van der Waals surface area contributed by atoms with Gasteiger partial charge in [0.2, 0.25) is 0 Å². The van der Waals surface area contributed by atoms with Crippen molar-refractivity contribution in [2.45, 2.75) is 41.0 Å². The van der Waals surface area contributed by atoms with Crippen molar-refractivity contribution in [1.29, 1.82) is 0 Å². The van der Waals surface area contributed by atoms with Gasteiger partial charge in [-0.25, -0.2) is 0 Å². The van der Waals surface area contributed by atoms with E-state index < -0.39 is 0 Å². The molecule has 2 nitrogen and oxygen atoms in total. The molecular formula is C10H21NO. The zero-order valence-corrected chi connectivity index (χ0v) is 7.68. The maximum atomic E-state index is 5.30. The summed E-state index contributed by atoms with van der Waals surface area (Å²) in [4.78, 5) is 4.23. The van der Waals surface area contributed by atoms with Crippen LogP contribution in [-0.4, -0.2) is 19.0 Å². The fourth-order valence-electron chi connectivity index (χ4n) is 1.01. The fraction of sp³-hybridized carbons (Fsp3) is 0.900. The molecule has 0 unspecified atom stereocenters. The third kappa shape index (κ3) is 4.37. The molecule has 0 aromatic heterocycles. The maximum Gasteiger partial charge on any atom is 0.183 e. The number of ether oxygens (including phenoxy) is 1. The molecule has 0 saturated carbocycles. The molecule has 1 rings (SSSR count). The van der Waals surface area contributed by atoms with E-state index in [1.807, 2.05) is 0 Å². The molecule has 0 N–H and O–H groups in total. The van der Waals surface area contributed by atoms with E-state index in [-0.39, 0.29) is 7.43 Å². The molecule has 0 atom stereocenters. The quantitative estimate of drug-likeness (QED) is 0.626. The molecule has 0 bridgehead atoms. The van der Waals surface area contributed by atoms with Crippen LogP contribution in [0.1, 0.15) is 41.0 Å². The van der Waals surface area contributed by atoms with Crippen LogP contribution >= 0.6 is 0 Å². The number of rotatable bonds is 2. The van der Waals surface area contributed by atoms with E-state index in [0.29, 0.717) is 5.41 Å². The molecule has 1 aliphatic heterocycles. The molecule has 0 aliphatic carbocycles. The highest BCUT2D eigenvalue weighted by molar-refractivity contribution is 5.77. The molecule has 72 valence electrons. The molecule has 0 spiro atoms. The van der Waals surface area contributed by atoms with Gasteiger partial charge < -0.3 is 4.74 Å². The van der Waals surface area contributed by atoms with Gasteiger partial charge in [-0.15, -0.1) is 0 Å². The van der Waals surface area contributed by atoms with Crippen LogP contribution in [0.25, 0.3) is 0 Å². The van der Waals surface area contributed by atoms with Gasteiger partial charge in [-0.2, -0.15) is 0 Å². The second kappa shape index (κ2) is 4.48. The monoisotopic (exact) mass is 171 g/mol.